The van der Waals surface area contributed by atoms with E-state index in [0.717, 1.165) is 33.5 Å². The Balaban J connectivity index is 1.72. The predicted molar refractivity (Wildman–Crippen MR) is 96.1 cm³/mol. The summed E-state index contributed by atoms with van der Waals surface area (Å²) in [6.45, 7) is 3.97. The zero-order chi connectivity index (χ0) is 16.9. The average Bonchev–Trinajstić information content (AvgIpc) is 2.73. The maximum Gasteiger partial charge on any atom is 0.261 e. The minimum Gasteiger partial charge on any atom is -0.494 e. The van der Waals surface area contributed by atoms with Gasteiger partial charge in [0.05, 0.1) is 6.61 Å². The van der Waals surface area contributed by atoms with Crippen LogP contribution >= 0.6 is 15.9 Å². The Morgan fingerprint density at radius 1 is 1.21 bits per heavy atom. The second-order valence-corrected chi connectivity index (χ2v) is 6.70. The first-order valence-electron chi connectivity index (χ1n) is 8.06. The molecule has 0 radical (unpaired) electrons. The molecule has 5 heteroatoms. The van der Waals surface area contributed by atoms with Gasteiger partial charge in [0.1, 0.15) is 11.5 Å². The van der Waals surface area contributed by atoms with E-state index in [-0.39, 0.29) is 12.5 Å². The second kappa shape index (κ2) is 7.71. The van der Waals surface area contributed by atoms with Crippen molar-refractivity contribution in [1.82, 2.24) is 4.90 Å². The van der Waals surface area contributed by atoms with Crippen LogP contribution in [0.2, 0.25) is 0 Å². The Hall–Kier alpha value is -2.01. The number of benzene rings is 2. The van der Waals surface area contributed by atoms with Crippen LogP contribution in [-0.4, -0.2) is 24.0 Å². The third-order valence-electron chi connectivity index (χ3n) is 3.86. The van der Waals surface area contributed by atoms with Gasteiger partial charge < -0.3 is 14.4 Å². The molecule has 2 aromatic rings. The molecule has 0 atom stereocenters. The number of amides is 1. The molecule has 0 spiro atoms. The van der Waals surface area contributed by atoms with Crippen molar-refractivity contribution >= 4 is 21.8 Å². The monoisotopic (exact) mass is 389 g/mol. The second-order valence-electron chi connectivity index (χ2n) is 5.78. The van der Waals surface area contributed by atoms with E-state index in [1.54, 1.807) is 0 Å². The van der Waals surface area contributed by atoms with Crippen molar-refractivity contribution in [3.63, 3.8) is 0 Å². The highest BCUT2D eigenvalue weighted by molar-refractivity contribution is 9.10. The topological polar surface area (TPSA) is 38.8 Å². The van der Waals surface area contributed by atoms with Crippen LogP contribution in [-0.2, 0) is 17.9 Å². The highest BCUT2D eigenvalue weighted by Gasteiger charge is 2.21. The van der Waals surface area contributed by atoms with Gasteiger partial charge in [0.2, 0.25) is 0 Å². The van der Waals surface area contributed by atoms with Gasteiger partial charge in [-0.05, 0) is 42.3 Å². The van der Waals surface area contributed by atoms with Crippen LogP contribution in [0.25, 0.3) is 0 Å². The lowest BCUT2D eigenvalue weighted by Crippen LogP contribution is -2.31. The van der Waals surface area contributed by atoms with E-state index in [4.69, 9.17) is 9.47 Å². The number of nitrogens with zero attached hydrogens (tertiary/aromatic N) is 1. The number of hydrogen-bond acceptors (Lipinski definition) is 3. The molecule has 1 aliphatic rings. The first kappa shape index (κ1) is 16.8. The molecule has 0 bridgehead atoms. The van der Waals surface area contributed by atoms with Gasteiger partial charge in [-0.25, -0.2) is 0 Å². The number of carbonyl (C=O) groups excluding carboxylic acids is 1. The van der Waals surface area contributed by atoms with Crippen LogP contribution in [0, 0.1) is 0 Å². The summed E-state index contributed by atoms with van der Waals surface area (Å²) in [5.74, 6) is 1.63. The van der Waals surface area contributed by atoms with E-state index in [1.165, 1.54) is 0 Å². The Kier molecular flexibility index (Phi) is 5.41. The zero-order valence-electron chi connectivity index (χ0n) is 13.6. The van der Waals surface area contributed by atoms with Crippen molar-refractivity contribution in [3.8, 4) is 11.5 Å². The Morgan fingerprint density at radius 2 is 2.00 bits per heavy atom. The molecule has 0 unspecified atom stereocenters. The van der Waals surface area contributed by atoms with Crippen molar-refractivity contribution in [2.24, 2.45) is 0 Å². The summed E-state index contributed by atoms with van der Waals surface area (Å²) < 4.78 is 12.2. The maximum absolute atomic E-state index is 12.3. The molecule has 0 aliphatic carbocycles. The average molecular weight is 390 g/mol. The van der Waals surface area contributed by atoms with E-state index in [0.29, 0.717) is 19.7 Å². The number of fused-ring (bicyclic) bond motifs is 1. The number of ether oxygens (including phenoxy) is 2. The number of rotatable bonds is 5. The summed E-state index contributed by atoms with van der Waals surface area (Å²) >= 11 is 3.47. The van der Waals surface area contributed by atoms with Crippen molar-refractivity contribution in [3.05, 3.63) is 58.1 Å². The lowest BCUT2D eigenvalue weighted by molar-refractivity contribution is -0.133. The van der Waals surface area contributed by atoms with Crippen LogP contribution in [0.1, 0.15) is 24.5 Å². The molecule has 0 saturated heterocycles. The van der Waals surface area contributed by atoms with Gasteiger partial charge in [-0.15, -0.1) is 0 Å². The summed E-state index contributed by atoms with van der Waals surface area (Å²) in [6.07, 6.45) is 0.985. The molecule has 1 amide bonds. The highest BCUT2D eigenvalue weighted by Crippen LogP contribution is 2.27. The van der Waals surface area contributed by atoms with Crippen LogP contribution in [0.15, 0.2) is 46.9 Å². The van der Waals surface area contributed by atoms with Gasteiger partial charge in [-0.3, -0.25) is 4.79 Å². The summed E-state index contributed by atoms with van der Waals surface area (Å²) in [4.78, 5) is 14.2. The minimum atomic E-state index is -0.00590. The summed E-state index contributed by atoms with van der Waals surface area (Å²) in [5, 5.41) is 0. The predicted octanol–water partition coefficient (Wildman–Crippen LogP) is 4.16. The fourth-order valence-corrected chi connectivity index (χ4v) is 3.02. The van der Waals surface area contributed by atoms with E-state index in [1.807, 2.05) is 47.4 Å². The maximum atomic E-state index is 12.3. The zero-order valence-corrected chi connectivity index (χ0v) is 15.2. The van der Waals surface area contributed by atoms with Gasteiger partial charge in [-0.2, -0.15) is 0 Å². The largest absolute Gasteiger partial charge is 0.494 e. The third-order valence-corrected chi connectivity index (χ3v) is 4.35. The molecule has 4 nitrogen and oxygen atoms in total. The molecule has 2 aromatic carbocycles. The highest BCUT2D eigenvalue weighted by atomic mass is 79.9. The first-order valence-corrected chi connectivity index (χ1v) is 8.85. The fraction of sp³-hybridized carbons (Fsp3) is 0.316. The molecule has 0 aromatic heterocycles. The molecule has 126 valence electrons. The fourth-order valence-electron chi connectivity index (χ4n) is 2.61. The van der Waals surface area contributed by atoms with Gasteiger partial charge in [0, 0.05) is 23.1 Å². The van der Waals surface area contributed by atoms with Gasteiger partial charge >= 0.3 is 0 Å². The van der Waals surface area contributed by atoms with Crippen molar-refractivity contribution in [2.45, 2.75) is 26.4 Å². The minimum absolute atomic E-state index is 0.00590. The quantitative estimate of drug-likeness (QED) is 0.770. The van der Waals surface area contributed by atoms with Crippen LogP contribution < -0.4 is 9.47 Å². The molecule has 1 aliphatic heterocycles. The lowest BCUT2D eigenvalue weighted by Gasteiger charge is -2.20. The van der Waals surface area contributed by atoms with Crippen molar-refractivity contribution in [1.29, 1.82) is 0 Å². The van der Waals surface area contributed by atoms with E-state index < -0.39 is 0 Å². The van der Waals surface area contributed by atoms with E-state index in [9.17, 15) is 4.79 Å². The van der Waals surface area contributed by atoms with E-state index >= 15 is 0 Å². The Morgan fingerprint density at radius 3 is 2.75 bits per heavy atom. The van der Waals surface area contributed by atoms with Crippen molar-refractivity contribution in [2.75, 3.05) is 13.2 Å². The molecule has 3 rings (SSSR count). The molecule has 0 saturated carbocycles. The number of hydrogen-bond donors (Lipinski definition) is 0. The lowest BCUT2D eigenvalue weighted by atomic mass is 10.1. The standard InChI is InChI=1S/C19H20BrNO3/c1-2-9-23-17-6-3-14(4-7-17)11-21-12-15-10-16(20)5-8-18(15)24-13-19(21)22/h3-8,10H,2,9,11-13H2,1H3. The summed E-state index contributed by atoms with van der Waals surface area (Å²) in [6, 6.07) is 13.7. The first-order chi connectivity index (χ1) is 11.7. The molecule has 0 N–H and O–H groups in total. The number of carbonyl (C=O) groups is 1. The van der Waals surface area contributed by atoms with E-state index in [2.05, 4.69) is 22.9 Å². The third kappa shape index (κ3) is 4.09. The van der Waals surface area contributed by atoms with Gasteiger partial charge in [0.15, 0.2) is 6.61 Å². The SMILES string of the molecule is CCCOc1ccc(CN2Cc3cc(Br)ccc3OCC2=O)cc1. The molecular formula is C19H20BrNO3. The molecular weight excluding hydrogens is 370 g/mol. The summed E-state index contributed by atoms with van der Waals surface area (Å²) in [7, 11) is 0. The Labute approximate surface area is 150 Å². The van der Waals surface area contributed by atoms with Crippen LogP contribution in [0.3, 0.4) is 0 Å². The van der Waals surface area contributed by atoms with Crippen LogP contribution in [0.5, 0.6) is 11.5 Å². The van der Waals surface area contributed by atoms with Gasteiger partial charge in [-0.1, -0.05) is 35.0 Å². The Bertz CT molecular complexity index is 715. The smallest absolute Gasteiger partial charge is 0.261 e. The van der Waals surface area contributed by atoms with Gasteiger partial charge in [0.25, 0.3) is 5.91 Å². The normalized spacial score (nSPS) is 13.9. The summed E-state index contributed by atoms with van der Waals surface area (Å²) in [5.41, 5.74) is 2.09. The van der Waals surface area contributed by atoms with Crippen LogP contribution in [0.4, 0.5) is 0 Å². The molecule has 24 heavy (non-hydrogen) atoms. The number of halogens is 1. The molecule has 1 heterocycles. The molecule has 0 fully saturated rings. The van der Waals surface area contributed by atoms with Crippen molar-refractivity contribution < 1.29 is 14.3 Å².